The topological polar surface area (TPSA) is 32.3 Å². The number of carbonyl (C=O) groups is 1. The standard InChI is InChI=1S/C15H21BrN2OS/c1-18-8-5-11(6-9-18)4-7-17-15(19)13-3-2-12(16)10-14(13)20/h2-3,10-11,20H,4-9H2,1H3,(H,17,19). The first kappa shape index (κ1) is 15.9. The Kier molecular flexibility index (Phi) is 5.93. The van der Waals surface area contributed by atoms with E-state index in [9.17, 15) is 4.79 Å². The monoisotopic (exact) mass is 356 g/mol. The van der Waals surface area contributed by atoms with Crippen LogP contribution in [0.15, 0.2) is 27.6 Å². The fourth-order valence-electron chi connectivity index (χ4n) is 2.53. The number of amides is 1. The molecule has 1 aromatic rings. The Bertz CT molecular complexity index is 473. The van der Waals surface area contributed by atoms with Crippen LogP contribution in [-0.2, 0) is 0 Å². The van der Waals surface area contributed by atoms with Crippen molar-refractivity contribution in [1.29, 1.82) is 0 Å². The number of likely N-dealkylation sites (tertiary alicyclic amines) is 1. The van der Waals surface area contributed by atoms with Gasteiger partial charge in [-0.25, -0.2) is 0 Å². The van der Waals surface area contributed by atoms with Crippen molar-refractivity contribution in [2.75, 3.05) is 26.7 Å². The number of nitrogens with one attached hydrogen (secondary N) is 1. The third-order valence-corrected chi connectivity index (χ3v) is 4.74. The molecule has 0 bridgehead atoms. The first-order valence-corrected chi connectivity index (χ1v) is 8.25. The largest absolute Gasteiger partial charge is 0.352 e. The summed E-state index contributed by atoms with van der Waals surface area (Å²) in [5.74, 6) is 0.710. The lowest BCUT2D eigenvalue weighted by Gasteiger charge is -2.28. The smallest absolute Gasteiger partial charge is 0.252 e. The number of halogens is 1. The molecule has 1 saturated heterocycles. The summed E-state index contributed by atoms with van der Waals surface area (Å²) in [7, 11) is 2.17. The van der Waals surface area contributed by atoms with Crippen LogP contribution in [0, 0.1) is 5.92 Å². The quantitative estimate of drug-likeness (QED) is 0.812. The molecule has 1 heterocycles. The molecule has 5 heteroatoms. The second-order valence-corrected chi connectivity index (χ2v) is 6.85. The predicted molar refractivity (Wildman–Crippen MR) is 88.6 cm³/mol. The molecule has 1 fully saturated rings. The van der Waals surface area contributed by atoms with Gasteiger partial charge in [-0.15, -0.1) is 12.6 Å². The molecule has 0 saturated carbocycles. The van der Waals surface area contributed by atoms with Gasteiger partial charge in [0.2, 0.25) is 0 Å². The number of nitrogens with zero attached hydrogens (tertiary/aromatic N) is 1. The van der Waals surface area contributed by atoms with Gasteiger partial charge >= 0.3 is 0 Å². The van der Waals surface area contributed by atoms with E-state index in [2.05, 4.69) is 45.8 Å². The molecule has 0 aromatic heterocycles. The molecule has 1 aliphatic heterocycles. The Balaban J connectivity index is 1.77. The third-order valence-electron chi connectivity index (χ3n) is 3.88. The summed E-state index contributed by atoms with van der Waals surface area (Å²) >= 11 is 7.71. The van der Waals surface area contributed by atoms with Gasteiger partial charge in [-0.3, -0.25) is 4.79 Å². The van der Waals surface area contributed by atoms with Crippen LogP contribution in [0.3, 0.4) is 0 Å². The number of benzene rings is 1. The summed E-state index contributed by atoms with van der Waals surface area (Å²) in [6.45, 7) is 3.09. The number of carbonyl (C=O) groups excluding carboxylic acids is 1. The number of rotatable bonds is 4. The van der Waals surface area contributed by atoms with Crippen LogP contribution in [0.1, 0.15) is 29.6 Å². The maximum absolute atomic E-state index is 12.1. The zero-order valence-electron chi connectivity index (χ0n) is 11.7. The highest BCUT2D eigenvalue weighted by Crippen LogP contribution is 2.21. The van der Waals surface area contributed by atoms with Crippen molar-refractivity contribution in [3.63, 3.8) is 0 Å². The van der Waals surface area contributed by atoms with Crippen LogP contribution in [0.5, 0.6) is 0 Å². The van der Waals surface area contributed by atoms with Crippen molar-refractivity contribution in [2.24, 2.45) is 5.92 Å². The van der Waals surface area contributed by atoms with Crippen LogP contribution < -0.4 is 5.32 Å². The zero-order chi connectivity index (χ0) is 14.5. The Morgan fingerprint density at radius 2 is 2.15 bits per heavy atom. The molecule has 1 aliphatic rings. The molecular formula is C15H21BrN2OS. The predicted octanol–water partition coefficient (Wildman–Crippen LogP) is 3.20. The number of thiol groups is 1. The molecule has 0 unspecified atom stereocenters. The number of hydrogen-bond donors (Lipinski definition) is 2. The first-order valence-electron chi connectivity index (χ1n) is 7.01. The van der Waals surface area contributed by atoms with Gasteiger partial charge in [0.1, 0.15) is 0 Å². The van der Waals surface area contributed by atoms with E-state index in [1.54, 1.807) is 6.07 Å². The Morgan fingerprint density at radius 3 is 2.80 bits per heavy atom. The summed E-state index contributed by atoms with van der Waals surface area (Å²) in [4.78, 5) is 15.2. The van der Waals surface area contributed by atoms with Crippen molar-refractivity contribution >= 4 is 34.5 Å². The van der Waals surface area contributed by atoms with Crippen molar-refractivity contribution < 1.29 is 4.79 Å². The van der Waals surface area contributed by atoms with E-state index < -0.39 is 0 Å². The first-order chi connectivity index (χ1) is 9.56. The molecule has 0 atom stereocenters. The van der Waals surface area contributed by atoms with E-state index in [0.717, 1.165) is 23.4 Å². The molecule has 3 nitrogen and oxygen atoms in total. The second-order valence-electron chi connectivity index (χ2n) is 5.45. The van der Waals surface area contributed by atoms with Gasteiger partial charge in [-0.1, -0.05) is 15.9 Å². The highest BCUT2D eigenvalue weighted by Gasteiger charge is 2.17. The highest BCUT2D eigenvalue weighted by atomic mass is 79.9. The fraction of sp³-hybridized carbons (Fsp3) is 0.533. The van der Waals surface area contributed by atoms with Crippen LogP contribution in [0.4, 0.5) is 0 Å². The van der Waals surface area contributed by atoms with Crippen molar-refractivity contribution in [1.82, 2.24) is 10.2 Å². The average molecular weight is 357 g/mol. The minimum absolute atomic E-state index is 0.0320. The van der Waals surface area contributed by atoms with E-state index >= 15 is 0 Å². The zero-order valence-corrected chi connectivity index (χ0v) is 14.2. The van der Waals surface area contributed by atoms with Crippen molar-refractivity contribution in [3.05, 3.63) is 28.2 Å². The minimum atomic E-state index is -0.0320. The lowest BCUT2D eigenvalue weighted by atomic mass is 9.94. The summed E-state index contributed by atoms with van der Waals surface area (Å²) in [5.41, 5.74) is 0.639. The van der Waals surface area contributed by atoms with Gasteiger partial charge in [-0.05, 0) is 63.5 Å². The molecular weight excluding hydrogens is 336 g/mol. The average Bonchev–Trinajstić information content (AvgIpc) is 2.41. The molecule has 0 radical (unpaired) electrons. The van der Waals surface area contributed by atoms with E-state index in [-0.39, 0.29) is 5.91 Å². The van der Waals surface area contributed by atoms with Crippen molar-refractivity contribution in [2.45, 2.75) is 24.2 Å². The Labute approximate surface area is 134 Å². The van der Waals surface area contributed by atoms with Gasteiger partial charge in [0.15, 0.2) is 0 Å². The molecule has 0 aliphatic carbocycles. The van der Waals surface area contributed by atoms with Gasteiger partial charge in [0, 0.05) is 15.9 Å². The van der Waals surface area contributed by atoms with E-state index in [0.29, 0.717) is 10.5 Å². The van der Waals surface area contributed by atoms with Crippen LogP contribution in [0.25, 0.3) is 0 Å². The van der Waals surface area contributed by atoms with Gasteiger partial charge in [-0.2, -0.15) is 0 Å². The lowest BCUT2D eigenvalue weighted by Crippen LogP contribution is -2.32. The molecule has 1 aromatic carbocycles. The molecule has 20 heavy (non-hydrogen) atoms. The van der Waals surface area contributed by atoms with E-state index in [4.69, 9.17) is 0 Å². The molecule has 1 N–H and O–H groups in total. The van der Waals surface area contributed by atoms with Gasteiger partial charge in [0.05, 0.1) is 5.56 Å². The third kappa shape index (κ3) is 4.50. The Hall–Kier alpha value is -0.520. The summed E-state index contributed by atoms with van der Waals surface area (Å²) < 4.78 is 0.936. The minimum Gasteiger partial charge on any atom is -0.352 e. The second kappa shape index (κ2) is 7.48. The molecule has 0 spiro atoms. The SMILES string of the molecule is CN1CCC(CCNC(=O)c2ccc(Br)cc2S)CC1. The van der Waals surface area contributed by atoms with E-state index in [1.807, 2.05) is 12.1 Å². The number of piperidine rings is 1. The number of hydrogen-bond acceptors (Lipinski definition) is 3. The van der Waals surface area contributed by atoms with Crippen LogP contribution in [-0.4, -0.2) is 37.5 Å². The maximum atomic E-state index is 12.1. The molecule has 2 rings (SSSR count). The summed E-state index contributed by atoms with van der Waals surface area (Å²) in [5, 5.41) is 3.00. The fourth-order valence-corrected chi connectivity index (χ4v) is 3.39. The van der Waals surface area contributed by atoms with Crippen LogP contribution >= 0.6 is 28.6 Å². The highest BCUT2D eigenvalue weighted by molar-refractivity contribution is 9.10. The summed E-state index contributed by atoms with van der Waals surface area (Å²) in [6.07, 6.45) is 3.54. The van der Waals surface area contributed by atoms with Crippen LogP contribution in [0.2, 0.25) is 0 Å². The lowest BCUT2D eigenvalue weighted by molar-refractivity contribution is 0.0946. The van der Waals surface area contributed by atoms with Crippen molar-refractivity contribution in [3.8, 4) is 0 Å². The maximum Gasteiger partial charge on any atom is 0.252 e. The molecule has 110 valence electrons. The molecule has 1 amide bonds. The van der Waals surface area contributed by atoms with Gasteiger partial charge in [0.25, 0.3) is 5.91 Å². The normalized spacial score (nSPS) is 17.1. The van der Waals surface area contributed by atoms with Gasteiger partial charge < -0.3 is 10.2 Å². The van der Waals surface area contributed by atoms with E-state index in [1.165, 1.54) is 25.9 Å². The summed E-state index contributed by atoms with van der Waals surface area (Å²) in [6, 6.07) is 5.51. The Morgan fingerprint density at radius 1 is 1.45 bits per heavy atom.